The van der Waals surface area contributed by atoms with Gasteiger partial charge in [0, 0.05) is 11.6 Å². The van der Waals surface area contributed by atoms with Crippen molar-refractivity contribution in [3.8, 4) is 0 Å². The van der Waals surface area contributed by atoms with Crippen LogP contribution >= 0.6 is 0 Å². The van der Waals surface area contributed by atoms with Crippen molar-refractivity contribution in [2.75, 3.05) is 6.54 Å². The Labute approximate surface area is 128 Å². The van der Waals surface area contributed by atoms with Crippen molar-refractivity contribution in [1.82, 2.24) is 5.32 Å². The highest BCUT2D eigenvalue weighted by Gasteiger charge is 2.34. The Kier molecular flexibility index (Phi) is 6.19. The summed E-state index contributed by atoms with van der Waals surface area (Å²) >= 11 is 0. The van der Waals surface area contributed by atoms with Gasteiger partial charge in [0.15, 0.2) is 0 Å². The molecule has 21 heavy (non-hydrogen) atoms. The molecule has 2 nitrogen and oxygen atoms in total. The van der Waals surface area contributed by atoms with Crippen LogP contribution in [-0.2, 0) is 11.3 Å². The maximum atomic E-state index is 13.7. The lowest BCUT2D eigenvalue weighted by Gasteiger charge is -2.40. The fourth-order valence-corrected chi connectivity index (χ4v) is 3.44. The first-order chi connectivity index (χ1) is 10.1. The molecule has 0 bridgehead atoms. The van der Waals surface area contributed by atoms with E-state index in [0.717, 1.165) is 25.3 Å². The predicted octanol–water partition coefficient (Wildman–Crippen LogP) is 4.15. The van der Waals surface area contributed by atoms with E-state index in [1.807, 2.05) is 6.07 Å². The van der Waals surface area contributed by atoms with Crippen molar-refractivity contribution < 1.29 is 9.13 Å². The van der Waals surface area contributed by atoms with Gasteiger partial charge in [0.05, 0.1) is 12.7 Å². The van der Waals surface area contributed by atoms with Crippen LogP contribution in [0.15, 0.2) is 24.3 Å². The van der Waals surface area contributed by atoms with Crippen molar-refractivity contribution in [1.29, 1.82) is 0 Å². The first-order valence-electron chi connectivity index (χ1n) is 8.20. The SMILES string of the molecule is CCCNC1CC(C)CC(C)C1OCc1ccccc1F. The van der Waals surface area contributed by atoms with Gasteiger partial charge in [-0.25, -0.2) is 4.39 Å². The van der Waals surface area contributed by atoms with Gasteiger partial charge in [0.2, 0.25) is 0 Å². The fraction of sp³-hybridized carbons (Fsp3) is 0.667. The van der Waals surface area contributed by atoms with Gasteiger partial charge >= 0.3 is 0 Å². The molecule has 1 saturated carbocycles. The van der Waals surface area contributed by atoms with E-state index >= 15 is 0 Å². The monoisotopic (exact) mass is 293 g/mol. The molecule has 0 amide bonds. The lowest BCUT2D eigenvalue weighted by molar-refractivity contribution is -0.0475. The molecule has 1 N–H and O–H groups in total. The summed E-state index contributed by atoms with van der Waals surface area (Å²) in [5, 5.41) is 3.61. The number of nitrogens with one attached hydrogen (secondary N) is 1. The average molecular weight is 293 g/mol. The lowest BCUT2D eigenvalue weighted by Crippen LogP contribution is -2.49. The van der Waals surface area contributed by atoms with Gasteiger partial charge in [0.25, 0.3) is 0 Å². The van der Waals surface area contributed by atoms with E-state index < -0.39 is 0 Å². The Hall–Kier alpha value is -0.930. The second kappa shape index (κ2) is 7.90. The van der Waals surface area contributed by atoms with Gasteiger partial charge in [-0.15, -0.1) is 0 Å². The summed E-state index contributed by atoms with van der Waals surface area (Å²) in [4.78, 5) is 0. The Morgan fingerprint density at radius 1 is 1.24 bits per heavy atom. The minimum atomic E-state index is -0.174. The molecule has 1 fully saturated rings. The highest BCUT2D eigenvalue weighted by molar-refractivity contribution is 5.16. The molecule has 0 aliphatic heterocycles. The molecule has 0 spiro atoms. The van der Waals surface area contributed by atoms with Crippen LogP contribution in [0.3, 0.4) is 0 Å². The van der Waals surface area contributed by atoms with Crippen LogP contribution in [0.1, 0.15) is 45.6 Å². The Bertz CT molecular complexity index is 437. The highest BCUT2D eigenvalue weighted by atomic mass is 19.1. The molecule has 0 aromatic heterocycles. The summed E-state index contributed by atoms with van der Waals surface area (Å²) in [5.41, 5.74) is 0.651. The molecule has 4 unspecified atom stereocenters. The van der Waals surface area contributed by atoms with Crippen molar-refractivity contribution in [2.24, 2.45) is 11.8 Å². The largest absolute Gasteiger partial charge is 0.372 e. The van der Waals surface area contributed by atoms with Crippen LogP contribution in [0.2, 0.25) is 0 Å². The number of halogens is 1. The molecular weight excluding hydrogens is 265 g/mol. The van der Waals surface area contributed by atoms with Gasteiger partial charge in [-0.3, -0.25) is 0 Å². The molecule has 1 aliphatic rings. The molecule has 2 rings (SSSR count). The first-order valence-corrected chi connectivity index (χ1v) is 8.20. The zero-order valence-electron chi connectivity index (χ0n) is 13.4. The highest BCUT2D eigenvalue weighted by Crippen LogP contribution is 2.31. The summed E-state index contributed by atoms with van der Waals surface area (Å²) in [7, 11) is 0. The van der Waals surface area contributed by atoms with E-state index in [1.54, 1.807) is 12.1 Å². The summed E-state index contributed by atoms with van der Waals surface area (Å²) in [6.07, 6.45) is 3.63. The summed E-state index contributed by atoms with van der Waals surface area (Å²) in [6, 6.07) is 7.27. The number of hydrogen-bond acceptors (Lipinski definition) is 2. The Morgan fingerprint density at radius 2 is 2.00 bits per heavy atom. The summed E-state index contributed by atoms with van der Waals surface area (Å²) < 4.78 is 19.8. The molecule has 3 heteroatoms. The average Bonchev–Trinajstić information content (AvgIpc) is 2.45. The summed E-state index contributed by atoms with van der Waals surface area (Å²) in [6.45, 7) is 8.12. The third-order valence-electron chi connectivity index (χ3n) is 4.43. The zero-order chi connectivity index (χ0) is 15.2. The Balaban J connectivity index is 1.98. The predicted molar refractivity (Wildman–Crippen MR) is 84.6 cm³/mol. The maximum absolute atomic E-state index is 13.7. The van der Waals surface area contributed by atoms with E-state index in [0.29, 0.717) is 24.1 Å². The van der Waals surface area contributed by atoms with E-state index in [-0.39, 0.29) is 11.9 Å². The van der Waals surface area contributed by atoms with E-state index in [2.05, 4.69) is 26.1 Å². The van der Waals surface area contributed by atoms with Crippen molar-refractivity contribution in [3.63, 3.8) is 0 Å². The molecule has 1 aliphatic carbocycles. The second-order valence-electron chi connectivity index (χ2n) is 6.48. The van der Waals surface area contributed by atoms with Crippen LogP contribution in [0, 0.1) is 17.7 Å². The molecule has 118 valence electrons. The van der Waals surface area contributed by atoms with Gasteiger partial charge in [-0.1, -0.05) is 39.0 Å². The number of benzene rings is 1. The topological polar surface area (TPSA) is 21.3 Å². The third kappa shape index (κ3) is 4.52. The van der Waals surface area contributed by atoms with Crippen LogP contribution in [0.5, 0.6) is 0 Å². The van der Waals surface area contributed by atoms with Crippen LogP contribution in [-0.4, -0.2) is 18.7 Å². The molecular formula is C18H28FNO. The van der Waals surface area contributed by atoms with Crippen molar-refractivity contribution >= 4 is 0 Å². The van der Waals surface area contributed by atoms with Crippen molar-refractivity contribution in [2.45, 2.75) is 58.8 Å². The number of hydrogen-bond donors (Lipinski definition) is 1. The molecule has 1 aromatic rings. The molecule has 0 radical (unpaired) electrons. The van der Waals surface area contributed by atoms with Crippen LogP contribution in [0.25, 0.3) is 0 Å². The molecule has 0 saturated heterocycles. The van der Waals surface area contributed by atoms with Gasteiger partial charge in [-0.2, -0.15) is 0 Å². The van der Waals surface area contributed by atoms with E-state index in [9.17, 15) is 4.39 Å². The van der Waals surface area contributed by atoms with Crippen LogP contribution < -0.4 is 5.32 Å². The zero-order valence-corrected chi connectivity index (χ0v) is 13.4. The molecule has 1 aromatic carbocycles. The van der Waals surface area contributed by atoms with Gasteiger partial charge in [-0.05, 0) is 43.7 Å². The molecule has 0 heterocycles. The van der Waals surface area contributed by atoms with Gasteiger partial charge < -0.3 is 10.1 Å². The Morgan fingerprint density at radius 3 is 2.71 bits per heavy atom. The van der Waals surface area contributed by atoms with E-state index in [4.69, 9.17) is 4.74 Å². The summed E-state index contributed by atoms with van der Waals surface area (Å²) in [5.74, 6) is 1.06. The fourth-order valence-electron chi connectivity index (χ4n) is 3.44. The van der Waals surface area contributed by atoms with E-state index in [1.165, 1.54) is 12.5 Å². The smallest absolute Gasteiger partial charge is 0.128 e. The quantitative estimate of drug-likeness (QED) is 0.851. The minimum absolute atomic E-state index is 0.173. The minimum Gasteiger partial charge on any atom is -0.372 e. The normalized spacial score (nSPS) is 29.5. The van der Waals surface area contributed by atoms with Crippen molar-refractivity contribution in [3.05, 3.63) is 35.6 Å². The van der Waals surface area contributed by atoms with Gasteiger partial charge in [0.1, 0.15) is 5.82 Å². The number of ether oxygens (including phenoxy) is 1. The third-order valence-corrected chi connectivity index (χ3v) is 4.43. The number of rotatable bonds is 6. The first kappa shape index (κ1) is 16.4. The molecule has 4 atom stereocenters. The lowest BCUT2D eigenvalue weighted by atomic mass is 9.78. The standard InChI is InChI=1S/C18H28FNO/c1-4-9-20-17-11-13(2)10-14(3)18(17)21-12-15-7-5-6-8-16(15)19/h5-8,13-14,17-18,20H,4,9-12H2,1-3H3. The van der Waals surface area contributed by atoms with Crippen LogP contribution in [0.4, 0.5) is 4.39 Å². The second-order valence-corrected chi connectivity index (χ2v) is 6.48. The maximum Gasteiger partial charge on any atom is 0.128 e.